The zero-order valence-electron chi connectivity index (χ0n) is 9.11. The molecule has 0 radical (unpaired) electrons. The van der Waals surface area contributed by atoms with Crippen LogP contribution in [-0.4, -0.2) is 35.4 Å². The highest BCUT2D eigenvalue weighted by Gasteiger charge is 2.27. The van der Waals surface area contributed by atoms with Crippen molar-refractivity contribution in [3.05, 3.63) is 23.4 Å². The van der Waals surface area contributed by atoms with E-state index in [0.717, 1.165) is 19.4 Å². The molecule has 1 unspecified atom stereocenters. The van der Waals surface area contributed by atoms with Gasteiger partial charge in [0.15, 0.2) is 0 Å². The number of rotatable bonds is 2. The third-order valence-corrected chi connectivity index (χ3v) is 3.03. The van der Waals surface area contributed by atoms with Crippen molar-refractivity contribution in [1.29, 1.82) is 0 Å². The van der Waals surface area contributed by atoms with Crippen LogP contribution in [0.3, 0.4) is 0 Å². The number of carbonyl (C=O) groups is 1. The summed E-state index contributed by atoms with van der Waals surface area (Å²) in [5.41, 5.74) is 0. The highest BCUT2D eigenvalue weighted by Crippen LogP contribution is 2.17. The van der Waals surface area contributed by atoms with Crippen molar-refractivity contribution in [3.8, 4) is 0 Å². The lowest BCUT2D eigenvalue weighted by molar-refractivity contribution is -0.119. The maximum atomic E-state index is 11.9. The molecule has 0 bridgehead atoms. The summed E-state index contributed by atoms with van der Waals surface area (Å²) in [5, 5.41) is 3.36. The van der Waals surface area contributed by atoms with Crippen LogP contribution in [-0.2, 0) is 4.79 Å². The first kappa shape index (κ1) is 11.4. The number of hydrogen-bond donors (Lipinski definition) is 1. The molecule has 16 heavy (non-hydrogen) atoms. The van der Waals surface area contributed by atoms with Gasteiger partial charge in [-0.05, 0) is 38.6 Å². The molecule has 5 heteroatoms. The van der Waals surface area contributed by atoms with Crippen molar-refractivity contribution in [2.24, 2.45) is 0 Å². The van der Waals surface area contributed by atoms with Crippen LogP contribution in [0.2, 0.25) is 5.02 Å². The monoisotopic (exact) mass is 239 g/mol. The zero-order valence-corrected chi connectivity index (χ0v) is 9.87. The molecule has 1 aromatic heterocycles. The van der Waals surface area contributed by atoms with Crippen LogP contribution in [0.25, 0.3) is 0 Å². The van der Waals surface area contributed by atoms with Crippen LogP contribution in [0.4, 0.5) is 5.82 Å². The smallest absolute Gasteiger partial charge is 0.242 e. The number of hydrogen-bond acceptors (Lipinski definition) is 3. The Balaban J connectivity index is 1.99. The summed E-state index contributed by atoms with van der Waals surface area (Å²) in [5.74, 6) is 0.560. The molecule has 1 N–H and O–H groups in total. The maximum absolute atomic E-state index is 11.9. The highest BCUT2D eigenvalue weighted by atomic mass is 35.5. The van der Waals surface area contributed by atoms with Gasteiger partial charge in [-0.3, -0.25) is 9.69 Å². The predicted molar refractivity (Wildman–Crippen MR) is 63.5 cm³/mol. The molecule has 4 nitrogen and oxygen atoms in total. The third-order valence-electron chi connectivity index (χ3n) is 2.80. The minimum absolute atomic E-state index is 0.00909. The van der Waals surface area contributed by atoms with E-state index in [2.05, 4.69) is 15.2 Å². The Bertz CT molecular complexity index is 379. The second kappa shape index (κ2) is 4.80. The Morgan fingerprint density at radius 2 is 2.44 bits per heavy atom. The molecule has 1 fully saturated rings. The molecule has 1 amide bonds. The first-order valence-electron chi connectivity index (χ1n) is 5.29. The van der Waals surface area contributed by atoms with Crippen molar-refractivity contribution < 1.29 is 4.79 Å². The molecule has 2 heterocycles. The zero-order chi connectivity index (χ0) is 11.5. The minimum atomic E-state index is -0.0301. The van der Waals surface area contributed by atoms with Crippen LogP contribution in [0.1, 0.15) is 12.8 Å². The van der Waals surface area contributed by atoms with Gasteiger partial charge < -0.3 is 5.32 Å². The summed E-state index contributed by atoms with van der Waals surface area (Å²) in [7, 11) is 1.96. The molecule has 86 valence electrons. The first-order chi connectivity index (χ1) is 7.66. The van der Waals surface area contributed by atoms with E-state index in [9.17, 15) is 4.79 Å². The number of likely N-dealkylation sites (N-methyl/N-ethyl adjacent to an activating group) is 1. The SMILES string of the molecule is CN1CCCC1C(=O)Nc1ccc(Cl)cn1. The Hall–Kier alpha value is -1.13. The number of carbonyl (C=O) groups excluding carboxylic acids is 1. The number of amides is 1. The largest absolute Gasteiger partial charge is 0.309 e. The molecule has 1 aromatic rings. The van der Waals surface area contributed by atoms with Gasteiger partial charge >= 0.3 is 0 Å². The Kier molecular flexibility index (Phi) is 3.41. The van der Waals surface area contributed by atoms with Crippen molar-refractivity contribution >= 4 is 23.3 Å². The topological polar surface area (TPSA) is 45.2 Å². The second-order valence-electron chi connectivity index (χ2n) is 3.99. The molecule has 0 aromatic carbocycles. The van der Waals surface area contributed by atoms with Gasteiger partial charge in [0.25, 0.3) is 0 Å². The van der Waals surface area contributed by atoms with Crippen LogP contribution < -0.4 is 5.32 Å². The summed E-state index contributed by atoms with van der Waals surface area (Å²) in [6, 6.07) is 3.38. The van der Waals surface area contributed by atoms with E-state index in [1.165, 1.54) is 6.20 Å². The molecule has 2 rings (SSSR count). The molecule has 0 aliphatic carbocycles. The van der Waals surface area contributed by atoms with Crippen molar-refractivity contribution in [2.75, 3.05) is 18.9 Å². The maximum Gasteiger partial charge on any atom is 0.242 e. The molecule has 0 saturated carbocycles. The lowest BCUT2D eigenvalue weighted by atomic mass is 10.2. The highest BCUT2D eigenvalue weighted by molar-refractivity contribution is 6.30. The lowest BCUT2D eigenvalue weighted by Gasteiger charge is -2.18. The number of nitrogens with one attached hydrogen (secondary N) is 1. The van der Waals surface area contributed by atoms with Crippen LogP contribution in [0.5, 0.6) is 0 Å². The number of nitrogens with zero attached hydrogens (tertiary/aromatic N) is 2. The summed E-state index contributed by atoms with van der Waals surface area (Å²) in [6.07, 6.45) is 3.51. The van der Waals surface area contributed by atoms with E-state index < -0.39 is 0 Å². The third kappa shape index (κ3) is 2.51. The standard InChI is InChI=1S/C11H14ClN3O/c1-15-6-2-3-9(15)11(16)14-10-5-4-8(12)7-13-10/h4-5,7,9H,2-3,6H2,1H3,(H,13,14,16). The fourth-order valence-corrected chi connectivity index (χ4v) is 2.01. The van der Waals surface area contributed by atoms with Gasteiger partial charge in [-0.15, -0.1) is 0 Å². The number of pyridine rings is 1. The quantitative estimate of drug-likeness (QED) is 0.856. The summed E-state index contributed by atoms with van der Waals surface area (Å²) < 4.78 is 0. The van der Waals surface area contributed by atoms with Gasteiger partial charge in [0, 0.05) is 6.20 Å². The molecule has 1 atom stereocenters. The van der Waals surface area contributed by atoms with Gasteiger partial charge in [-0.1, -0.05) is 11.6 Å². The number of aromatic nitrogens is 1. The van der Waals surface area contributed by atoms with Crippen molar-refractivity contribution in [1.82, 2.24) is 9.88 Å². The summed E-state index contributed by atoms with van der Waals surface area (Å²) in [6.45, 7) is 0.978. The molecular formula is C11H14ClN3O. The average Bonchev–Trinajstić information content (AvgIpc) is 2.68. The number of halogens is 1. The normalized spacial score (nSPS) is 21.0. The Labute approximate surface area is 99.6 Å². The minimum Gasteiger partial charge on any atom is -0.309 e. The molecule has 1 saturated heterocycles. The van der Waals surface area contributed by atoms with E-state index >= 15 is 0 Å². The fourth-order valence-electron chi connectivity index (χ4n) is 1.90. The number of anilines is 1. The first-order valence-corrected chi connectivity index (χ1v) is 5.67. The van der Waals surface area contributed by atoms with Gasteiger partial charge in [-0.2, -0.15) is 0 Å². The van der Waals surface area contributed by atoms with Crippen molar-refractivity contribution in [3.63, 3.8) is 0 Å². The number of likely N-dealkylation sites (tertiary alicyclic amines) is 1. The van der Waals surface area contributed by atoms with E-state index in [1.54, 1.807) is 12.1 Å². The van der Waals surface area contributed by atoms with Gasteiger partial charge in [0.05, 0.1) is 11.1 Å². The van der Waals surface area contributed by atoms with Crippen LogP contribution in [0.15, 0.2) is 18.3 Å². The molecule has 1 aliphatic rings. The second-order valence-corrected chi connectivity index (χ2v) is 4.43. The van der Waals surface area contributed by atoms with Gasteiger partial charge in [-0.25, -0.2) is 4.98 Å². The van der Waals surface area contributed by atoms with E-state index in [-0.39, 0.29) is 11.9 Å². The van der Waals surface area contributed by atoms with Crippen LogP contribution in [0, 0.1) is 0 Å². The fraction of sp³-hybridized carbons (Fsp3) is 0.455. The van der Waals surface area contributed by atoms with Crippen molar-refractivity contribution in [2.45, 2.75) is 18.9 Å². The van der Waals surface area contributed by atoms with E-state index in [1.807, 2.05) is 7.05 Å². The van der Waals surface area contributed by atoms with E-state index in [4.69, 9.17) is 11.6 Å². The van der Waals surface area contributed by atoms with Gasteiger partial charge in [0.1, 0.15) is 5.82 Å². The Morgan fingerprint density at radius 3 is 3.00 bits per heavy atom. The Morgan fingerprint density at radius 1 is 1.62 bits per heavy atom. The summed E-state index contributed by atoms with van der Waals surface area (Å²) in [4.78, 5) is 18.0. The predicted octanol–water partition coefficient (Wildman–Crippen LogP) is 1.77. The molecule has 1 aliphatic heterocycles. The molecular weight excluding hydrogens is 226 g/mol. The summed E-state index contributed by atoms with van der Waals surface area (Å²) >= 11 is 5.72. The lowest BCUT2D eigenvalue weighted by Crippen LogP contribution is -2.37. The van der Waals surface area contributed by atoms with E-state index in [0.29, 0.717) is 10.8 Å². The average molecular weight is 240 g/mol. The van der Waals surface area contributed by atoms with Crippen LogP contribution >= 0.6 is 11.6 Å². The van der Waals surface area contributed by atoms with Gasteiger partial charge in [0.2, 0.25) is 5.91 Å². The molecule has 0 spiro atoms.